The lowest BCUT2D eigenvalue weighted by atomic mass is 9.99. The molecule has 1 amide bonds. The first-order valence-electron chi connectivity index (χ1n) is 6.02. The first-order valence-corrected chi connectivity index (χ1v) is 6.02. The quantitative estimate of drug-likeness (QED) is 0.794. The Kier molecular flexibility index (Phi) is 4.03. The second kappa shape index (κ2) is 5.72. The largest absolute Gasteiger partial charge is 0.350 e. The molecule has 1 aromatic heterocycles. The van der Waals surface area contributed by atoms with Gasteiger partial charge in [0.2, 0.25) is 5.91 Å². The fourth-order valence-electron chi connectivity index (χ4n) is 2.00. The fraction of sp³-hybridized carbons (Fsp3) is 0.583. The molecule has 1 saturated heterocycles. The van der Waals surface area contributed by atoms with Gasteiger partial charge in [-0.2, -0.15) is 0 Å². The number of rotatable bonds is 3. The summed E-state index contributed by atoms with van der Waals surface area (Å²) >= 11 is 0. The summed E-state index contributed by atoms with van der Waals surface area (Å²) in [5.41, 5.74) is 0.856. The Morgan fingerprint density at radius 1 is 1.65 bits per heavy atom. The van der Waals surface area contributed by atoms with Crippen molar-refractivity contribution in [3.05, 3.63) is 23.8 Å². The van der Waals surface area contributed by atoms with Crippen LogP contribution in [0.3, 0.4) is 0 Å². The normalized spacial score (nSPS) is 19.9. The topological polar surface area (TPSA) is 66.9 Å². The molecule has 0 saturated carbocycles. The highest BCUT2D eigenvalue weighted by molar-refractivity contribution is 5.78. The van der Waals surface area contributed by atoms with Gasteiger partial charge in [0.15, 0.2) is 0 Å². The number of nitrogens with zero attached hydrogens (tertiary/aromatic N) is 2. The van der Waals surface area contributed by atoms with E-state index in [2.05, 4.69) is 20.6 Å². The van der Waals surface area contributed by atoms with Crippen molar-refractivity contribution < 1.29 is 4.79 Å². The molecule has 0 radical (unpaired) electrons. The van der Waals surface area contributed by atoms with Crippen molar-refractivity contribution >= 4 is 5.91 Å². The van der Waals surface area contributed by atoms with Crippen molar-refractivity contribution in [1.29, 1.82) is 0 Å². The van der Waals surface area contributed by atoms with Crippen molar-refractivity contribution in [2.24, 2.45) is 5.92 Å². The lowest BCUT2D eigenvalue weighted by Gasteiger charge is -2.21. The molecule has 0 unspecified atom stereocenters. The third kappa shape index (κ3) is 3.49. The molecule has 1 aliphatic rings. The van der Waals surface area contributed by atoms with Crippen LogP contribution >= 0.6 is 0 Å². The van der Waals surface area contributed by atoms with Crippen molar-refractivity contribution in [3.63, 3.8) is 0 Å². The first kappa shape index (κ1) is 12.0. The smallest absolute Gasteiger partial charge is 0.224 e. The molecule has 5 heteroatoms. The molecule has 0 spiro atoms. The van der Waals surface area contributed by atoms with E-state index in [4.69, 9.17) is 0 Å². The van der Waals surface area contributed by atoms with Gasteiger partial charge in [-0.3, -0.25) is 4.79 Å². The minimum Gasteiger partial charge on any atom is -0.350 e. The number of hydrogen-bond donors (Lipinski definition) is 2. The minimum atomic E-state index is 0.103. The summed E-state index contributed by atoms with van der Waals surface area (Å²) in [6.07, 6.45) is 3.76. The van der Waals surface area contributed by atoms with Gasteiger partial charge in [-0.05, 0) is 32.4 Å². The second-order valence-electron chi connectivity index (χ2n) is 4.36. The van der Waals surface area contributed by atoms with E-state index in [9.17, 15) is 4.79 Å². The van der Waals surface area contributed by atoms with Crippen LogP contribution in [0.25, 0.3) is 0 Å². The Hall–Kier alpha value is -1.49. The number of aryl methyl sites for hydroxylation is 1. The second-order valence-corrected chi connectivity index (χ2v) is 4.36. The maximum Gasteiger partial charge on any atom is 0.224 e. The van der Waals surface area contributed by atoms with E-state index in [1.807, 2.05) is 13.0 Å². The monoisotopic (exact) mass is 234 g/mol. The van der Waals surface area contributed by atoms with Gasteiger partial charge in [0, 0.05) is 12.7 Å². The van der Waals surface area contributed by atoms with Gasteiger partial charge in [-0.15, -0.1) is 0 Å². The zero-order chi connectivity index (χ0) is 12.1. The first-order chi connectivity index (χ1) is 8.25. The van der Waals surface area contributed by atoms with Crippen LogP contribution < -0.4 is 10.6 Å². The van der Waals surface area contributed by atoms with Crippen molar-refractivity contribution in [2.75, 3.05) is 13.1 Å². The van der Waals surface area contributed by atoms with Gasteiger partial charge < -0.3 is 10.6 Å². The summed E-state index contributed by atoms with van der Waals surface area (Å²) in [7, 11) is 0. The summed E-state index contributed by atoms with van der Waals surface area (Å²) < 4.78 is 0. The van der Waals surface area contributed by atoms with E-state index >= 15 is 0 Å². The molecular formula is C12H18N4O. The molecule has 17 heavy (non-hydrogen) atoms. The average molecular weight is 234 g/mol. The molecule has 2 N–H and O–H groups in total. The van der Waals surface area contributed by atoms with Crippen LogP contribution in [0.2, 0.25) is 0 Å². The van der Waals surface area contributed by atoms with Crippen LogP contribution in [-0.2, 0) is 11.3 Å². The van der Waals surface area contributed by atoms with E-state index in [0.717, 1.165) is 37.4 Å². The lowest BCUT2D eigenvalue weighted by Crippen LogP contribution is -2.40. The summed E-state index contributed by atoms with van der Waals surface area (Å²) in [5, 5.41) is 6.16. The van der Waals surface area contributed by atoms with Gasteiger partial charge in [-0.1, -0.05) is 0 Å². The molecule has 5 nitrogen and oxygen atoms in total. The highest BCUT2D eigenvalue weighted by atomic mass is 16.1. The van der Waals surface area contributed by atoms with Gasteiger partial charge in [0.25, 0.3) is 0 Å². The van der Waals surface area contributed by atoms with Crippen LogP contribution in [0.5, 0.6) is 0 Å². The maximum absolute atomic E-state index is 11.9. The molecule has 0 aromatic carbocycles. The standard InChI is InChI=1S/C12H18N4O/c1-9-14-6-4-11(16-9)8-15-12(17)10-3-2-5-13-7-10/h4,6,10,13H,2-3,5,7-8H2,1H3,(H,15,17)/t10-/m1/s1. The Morgan fingerprint density at radius 2 is 2.53 bits per heavy atom. The Morgan fingerprint density at radius 3 is 3.24 bits per heavy atom. The van der Waals surface area contributed by atoms with E-state index < -0.39 is 0 Å². The molecule has 2 rings (SSSR count). The van der Waals surface area contributed by atoms with Gasteiger partial charge in [-0.25, -0.2) is 9.97 Å². The highest BCUT2D eigenvalue weighted by Gasteiger charge is 2.20. The predicted octanol–water partition coefficient (Wildman–Crippen LogP) is 0.401. The molecule has 1 fully saturated rings. The fourth-order valence-corrected chi connectivity index (χ4v) is 2.00. The van der Waals surface area contributed by atoms with E-state index in [1.165, 1.54) is 0 Å². The molecule has 2 heterocycles. The number of amides is 1. The molecule has 1 atom stereocenters. The lowest BCUT2D eigenvalue weighted by molar-refractivity contribution is -0.125. The van der Waals surface area contributed by atoms with Crippen molar-refractivity contribution in [3.8, 4) is 0 Å². The van der Waals surface area contributed by atoms with Crippen molar-refractivity contribution in [2.45, 2.75) is 26.3 Å². The number of hydrogen-bond acceptors (Lipinski definition) is 4. The van der Waals surface area contributed by atoms with E-state index in [1.54, 1.807) is 6.20 Å². The van der Waals surface area contributed by atoms with Gasteiger partial charge in [0.05, 0.1) is 18.2 Å². The number of nitrogens with one attached hydrogen (secondary N) is 2. The van der Waals surface area contributed by atoms with Crippen LogP contribution in [0.15, 0.2) is 12.3 Å². The van der Waals surface area contributed by atoms with Crippen LogP contribution in [0, 0.1) is 12.8 Å². The number of aromatic nitrogens is 2. The summed E-state index contributed by atoms with van der Waals surface area (Å²) in [5.74, 6) is 0.955. The van der Waals surface area contributed by atoms with Crippen LogP contribution in [0.4, 0.5) is 0 Å². The summed E-state index contributed by atoms with van der Waals surface area (Å²) in [6.45, 7) is 4.14. The number of piperidine rings is 1. The Labute approximate surface area is 101 Å². The summed E-state index contributed by atoms with van der Waals surface area (Å²) in [4.78, 5) is 20.1. The molecule has 0 bridgehead atoms. The highest BCUT2D eigenvalue weighted by Crippen LogP contribution is 2.09. The van der Waals surface area contributed by atoms with Gasteiger partial charge in [0.1, 0.15) is 5.82 Å². The predicted molar refractivity (Wildman–Crippen MR) is 64.2 cm³/mol. The molecule has 0 aliphatic carbocycles. The summed E-state index contributed by atoms with van der Waals surface area (Å²) in [6, 6.07) is 1.83. The average Bonchev–Trinajstić information content (AvgIpc) is 2.37. The molecule has 1 aromatic rings. The third-order valence-electron chi connectivity index (χ3n) is 2.95. The Bertz CT molecular complexity index is 388. The maximum atomic E-state index is 11.9. The van der Waals surface area contributed by atoms with Crippen LogP contribution in [-0.4, -0.2) is 29.0 Å². The zero-order valence-electron chi connectivity index (χ0n) is 10.1. The zero-order valence-corrected chi connectivity index (χ0v) is 10.1. The van der Waals surface area contributed by atoms with Gasteiger partial charge >= 0.3 is 0 Å². The molecule has 92 valence electrons. The number of carbonyl (C=O) groups is 1. The Balaban J connectivity index is 1.83. The van der Waals surface area contributed by atoms with Crippen LogP contribution in [0.1, 0.15) is 24.4 Å². The number of carbonyl (C=O) groups excluding carboxylic acids is 1. The van der Waals surface area contributed by atoms with E-state index in [-0.39, 0.29) is 11.8 Å². The van der Waals surface area contributed by atoms with Crippen molar-refractivity contribution in [1.82, 2.24) is 20.6 Å². The molecular weight excluding hydrogens is 216 g/mol. The molecule has 1 aliphatic heterocycles. The van der Waals surface area contributed by atoms with E-state index in [0.29, 0.717) is 6.54 Å². The minimum absolute atomic E-state index is 0.103. The SMILES string of the molecule is Cc1nccc(CNC(=O)[C@@H]2CCCNC2)n1. The third-order valence-corrected chi connectivity index (χ3v) is 2.95.